The highest BCUT2D eigenvalue weighted by molar-refractivity contribution is 6.05. The fourth-order valence-corrected chi connectivity index (χ4v) is 2.38. The zero-order valence-electron chi connectivity index (χ0n) is 15.5. The van der Waals surface area contributed by atoms with Crippen molar-refractivity contribution in [2.75, 3.05) is 19.0 Å². The SMILES string of the molecule is CCCCCNC(=O)c1ccnc(C(=O)Nc2ccc(C(=O)OC)cc2)c1. The lowest BCUT2D eigenvalue weighted by Gasteiger charge is -2.08. The fourth-order valence-electron chi connectivity index (χ4n) is 2.38. The number of amides is 2. The van der Waals surface area contributed by atoms with Crippen molar-refractivity contribution >= 4 is 23.5 Å². The molecule has 142 valence electrons. The van der Waals surface area contributed by atoms with Gasteiger partial charge < -0.3 is 15.4 Å². The minimum atomic E-state index is -0.452. The summed E-state index contributed by atoms with van der Waals surface area (Å²) in [5.74, 6) is -1.13. The Morgan fingerprint density at radius 3 is 2.41 bits per heavy atom. The monoisotopic (exact) mass is 369 g/mol. The molecule has 1 heterocycles. The quantitative estimate of drug-likeness (QED) is 0.551. The number of aromatic nitrogens is 1. The number of ether oxygens (including phenoxy) is 1. The van der Waals surface area contributed by atoms with Gasteiger partial charge >= 0.3 is 5.97 Å². The van der Waals surface area contributed by atoms with Crippen molar-refractivity contribution in [1.82, 2.24) is 10.3 Å². The van der Waals surface area contributed by atoms with Crippen molar-refractivity contribution in [3.05, 3.63) is 59.4 Å². The van der Waals surface area contributed by atoms with E-state index >= 15 is 0 Å². The van der Waals surface area contributed by atoms with Gasteiger partial charge in [-0.2, -0.15) is 0 Å². The van der Waals surface area contributed by atoms with E-state index in [1.54, 1.807) is 30.3 Å². The number of hydrogen-bond acceptors (Lipinski definition) is 5. The molecule has 0 aliphatic carbocycles. The van der Waals surface area contributed by atoms with Gasteiger partial charge in [-0.15, -0.1) is 0 Å². The molecule has 2 rings (SSSR count). The number of carbonyl (C=O) groups is 3. The number of anilines is 1. The second kappa shape index (κ2) is 10.1. The lowest BCUT2D eigenvalue weighted by molar-refractivity contribution is 0.0600. The molecule has 1 aromatic carbocycles. The zero-order chi connectivity index (χ0) is 19.6. The highest BCUT2D eigenvalue weighted by Crippen LogP contribution is 2.12. The van der Waals surface area contributed by atoms with Crippen LogP contribution in [-0.2, 0) is 4.74 Å². The summed E-state index contributed by atoms with van der Waals surface area (Å²) in [6.07, 6.45) is 4.48. The van der Waals surface area contributed by atoms with E-state index in [1.165, 1.54) is 19.4 Å². The van der Waals surface area contributed by atoms with E-state index in [2.05, 4.69) is 27.3 Å². The van der Waals surface area contributed by atoms with Crippen LogP contribution >= 0.6 is 0 Å². The molecule has 0 radical (unpaired) electrons. The second-order valence-electron chi connectivity index (χ2n) is 5.92. The van der Waals surface area contributed by atoms with Crippen LogP contribution in [0.3, 0.4) is 0 Å². The minimum absolute atomic E-state index is 0.133. The number of nitrogens with one attached hydrogen (secondary N) is 2. The molecule has 2 aromatic rings. The Morgan fingerprint density at radius 2 is 1.74 bits per heavy atom. The van der Waals surface area contributed by atoms with Crippen molar-refractivity contribution in [2.24, 2.45) is 0 Å². The van der Waals surface area contributed by atoms with Crippen LogP contribution in [-0.4, -0.2) is 36.4 Å². The standard InChI is InChI=1S/C20H23N3O4/c1-3-4-5-11-22-18(24)15-10-12-21-17(13-15)19(25)23-16-8-6-14(7-9-16)20(26)27-2/h6-10,12-13H,3-5,11H2,1-2H3,(H,22,24)(H,23,25). The molecular formula is C20H23N3O4. The number of nitrogens with zero attached hydrogens (tertiary/aromatic N) is 1. The molecule has 0 fully saturated rings. The number of hydrogen-bond donors (Lipinski definition) is 2. The van der Waals surface area contributed by atoms with Gasteiger partial charge in [0.2, 0.25) is 0 Å². The molecule has 0 bridgehead atoms. The molecule has 0 saturated heterocycles. The van der Waals surface area contributed by atoms with Gasteiger partial charge in [-0.25, -0.2) is 4.79 Å². The van der Waals surface area contributed by atoms with Gasteiger partial charge in [-0.3, -0.25) is 14.6 Å². The van der Waals surface area contributed by atoms with Gasteiger partial charge in [0.15, 0.2) is 0 Å². The third kappa shape index (κ3) is 5.91. The molecule has 27 heavy (non-hydrogen) atoms. The number of esters is 1. The van der Waals surface area contributed by atoms with Crippen LogP contribution in [0.2, 0.25) is 0 Å². The molecule has 7 heteroatoms. The third-order valence-electron chi connectivity index (χ3n) is 3.88. The Hall–Kier alpha value is -3.22. The van der Waals surface area contributed by atoms with Gasteiger partial charge in [-0.05, 0) is 42.8 Å². The molecule has 1 aromatic heterocycles. The summed E-state index contributed by atoms with van der Waals surface area (Å²) in [5, 5.41) is 5.51. The zero-order valence-corrected chi connectivity index (χ0v) is 15.5. The molecular weight excluding hydrogens is 346 g/mol. The maximum Gasteiger partial charge on any atom is 0.337 e. The van der Waals surface area contributed by atoms with E-state index in [0.29, 0.717) is 23.4 Å². The lowest BCUT2D eigenvalue weighted by Crippen LogP contribution is -2.25. The summed E-state index contributed by atoms with van der Waals surface area (Å²) in [7, 11) is 1.30. The first-order valence-electron chi connectivity index (χ1n) is 8.79. The van der Waals surface area contributed by atoms with E-state index in [-0.39, 0.29) is 11.6 Å². The first-order chi connectivity index (χ1) is 13.0. The molecule has 0 aliphatic heterocycles. The van der Waals surface area contributed by atoms with Crippen LogP contribution in [0.4, 0.5) is 5.69 Å². The normalized spacial score (nSPS) is 10.1. The molecule has 0 aliphatic rings. The highest BCUT2D eigenvalue weighted by atomic mass is 16.5. The highest BCUT2D eigenvalue weighted by Gasteiger charge is 2.12. The van der Waals surface area contributed by atoms with Crippen molar-refractivity contribution in [3.63, 3.8) is 0 Å². The lowest BCUT2D eigenvalue weighted by atomic mass is 10.2. The third-order valence-corrected chi connectivity index (χ3v) is 3.88. The average molecular weight is 369 g/mol. The first kappa shape index (κ1) is 20.1. The molecule has 2 amide bonds. The average Bonchev–Trinajstić information content (AvgIpc) is 2.71. The summed E-state index contributed by atoms with van der Waals surface area (Å²) in [6.45, 7) is 2.70. The summed E-state index contributed by atoms with van der Waals surface area (Å²) in [5.41, 5.74) is 1.40. The topological polar surface area (TPSA) is 97.4 Å². The smallest absolute Gasteiger partial charge is 0.337 e. The summed E-state index contributed by atoms with van der Waals surface area (Å²) >= 11 is 0. The van der Waals surface area contributed by atoms with Crippen LogP contribution in [0, 0.1) is 0 Å². The predicted molar refractivity (Wildman–Crippen MR) is 102 cm³/mol. The van der Waals surface area contributed by atoms with E-state index in [1.807, 2.05) is 0 Å². The van der Waals surface area contributed by atoms with Crippen molar-refractivity contribution in [3.8, 4) is 0 Å². The number of rotatable bonds is 8. The Balaban J connectivity index is 2.00. The molecule has 0 atom stereocenters. The first-order valence-corrected chi connectivity index (χ1v) is 8.79. The number of benzene rings is 1. The predicted octanol–water partition coefficient (Wildman–Crippen LogP) is 3.04. The summed E-state index contributed by atoms with van der Waals surface area (Å²) < 4.78 is 4.63. The second-order valence-corrected chi connectivity index (χ2v) is 5.92. The van der Waals surface area contributed by atoms with Crippen molar-refractivity contribution in [1.29, 1.82) is 0 Å². The molecule has 2 N–H and O–H groups in total. The number of unbranched alkanes of at least 4 members (excludes halogenated alkanes) is 2. The number of carbonyl (C=O) groups excluding carboxylic acids is 3. The molecule has 0 unspecified atom stereocenters. The van der Waals surface area contributed by atoms with E-state index in [9.17, 15) is 14.4 Å². The number of methoxy groups -OCH3 is 1. The van der Waals surface area contributed by atoms with Gasteiger partial charge in [0.1, 0.15) is 5.69 Å². The summed E-state index contributed by atoms with van der Waals surface area (Å²) in [4.78, 5) is 40.0. The molecule has 0 saturated carbocycles. The van der Waals surface area contributed by atoms with Crippen LogP contribution in [0.5, 0.6) is 0 Å². The van der Waals surface area contributed by atoms with Gasteiger partial charge in [0, 0.05) is 24.0 Å². The van der Waals surface area contributed by atoms with E-state index in [4.69, 9.17) is 0 Å². The van der Waals surface area contributed by atoms with Crippen LogP contribution in [0.15, 0.2) is 42.6 Å². The molecule has 0 spiro atoms. The summed E-state index contributed by atoms with van der Waals surface area (Å²) in [6, 6.07) is 9.30. The fraction of sp³-hybridized carbons (Fsp3) is 0.300. The van der Waals surface area contributed by atoms with Gasteiger partial charge in [-0.1, -0.05) is 19.8 Å². The van der Waals surface area contributed by atoms with Gasteiger partial charge in [0.25, 0.3) is 11.8 Å². The number of pyridine rings is 1. The maximum atomic E-state index is 12.4. The van der Waals surface area contributed by atoms with Crippen molar-refractivity contribution in [2.45, 2.75) is 26.2 Å². The van der Waals surface area contributed by atoms with E-state index in [0.717, 1.165) is 19.3 Å². The molecule has 7 nitrogen and oxygen atoms in total. The van der Waals surface area contributed by atoms with Crippen LogP contribution in [0.25, 0.3) is 0 Å². The largest absolute Gasteiger partial charge is 0.465 e. The Kier molecular flexibility index (Phi) is 7.49. The van der Waals surface area contributed by atoms with Crippen LogP contribution in [0.1, 0.15) is 57.4 Å². The van der Waals surface area contributed by atoms with E-state index < -0.39 is 11.9 Å². The Labute approximate surface area is 158 Å². The van der Waals surface area contributed by atoms with Crippen molar-refractivity contribution < 1.29 is 19.1 Å². The Bertz CT molecular complexity index is 803. The van der Waals surface area contributed by atoms with Gasteiger partial charge in [0.05, 0.1) is 12.7 Å². The maximum absolute atomic E-state index is 12.4. The Morgan fingerprint density at radius 1 is 1.00 bits per heavy atom. The minimum Gasteiger partial charge on any atom is -0.465 e. The van der Waals surface area contributed by atoms with Crippen LogP contribution < -0.4 is 10.6 Å².